The summed E-state index contributed by atoms with van der Waals surface area (Å²) in [6.07, 6.45) is -3.08. The van der Waals surface area contributed by atoms with Gasteiger partial charge in [-0.05, 0) is 40.0 Å². The number of anilines is 1. The minimum Gasteiger partial charge on any atom is -0.365 e. The third kappa shape index (κ3) is 4.68. The van der Waals surface area contributed by atoms with Crippen LogP contribution < -0.4 is 11.1 Å². The fraction of sp³-hybridized carbons (Fsp3) is 0.182. The molecule has 34 heavy (non-hydrogen) atoms. The van der Waals surface area contributed by atoms with Gasteiger partial charge < -0.3 is 11.1 Å². The average molecular weight is 552 g/mol. The maximum atomic E-state index is 13.6. The van der Waals surface area contributed by atoms with Gasteiger partial charge in [0.1, 0.15) is 15.4 Å². The number of nitrogens with zero attached hydrogens (tertiary/aromatic N) is 3. The number of hydrogen-bond acceptors (Lipinski definition) is 5. The van der Waals surface area contributed by atoms with E-state index in [1.54, 1.807) is 41.2 Å². The van der Waals surface area contributed by atoms with Crippen LogP contribution in [0, 0.1) is 6.92 Å². The van der Waals surface area contributed by atoms with Crippen molar-refractivity contribution in [2.75, 3.05) is 5.32 Å². The first kappa shape index (κ1) is 23.9. The van der Waals surface area contributed by atoms with E-state index in [0.717, 1.165) is 16.2 Å². The second-order valence-corrected chi connectivity index (χ2v) is 9.22. The number of pyridine rings is 1. The van der Waals surface area contributed by atoms with Crippen LogP contribution in [0.5, 0.6) is 0 Å². The zero-order valence-electron chi connectivity index (χ0n) is 17.6. The molecule has 0 spiro atoms. The van der Waals surface area contributed by atoms with Crippen molar-refractivity contribution in [1.29, 1.82) is 0 Å². The fourth-order valence-electron chi connectivity index (χ4n) is 3.44. The number of alkyl halides is 3. The molecule has 3 aromatic heterocycles. The van der Waals surface area contributed by atoms with Crippen molar-refractivity contribution in [3.05, 3.63) is 63.3 Å². The van der Waals surface area contributed by atoms with Crippen LogP contribution in [-0.4, -0.2) is 26.6 Å². The number of carbonyl (C=O) groups excluding carboxylic acids is 2. The van der Waals surface area contributed by atoms with Crippen LogP contribution in [0.25, 0.3) is 21.3 Å². The van der Waals surface area contributed by atoms with E-state index in [1.165, 1.54) is 0 Å². The normalized spacial score (nSPS) is 11.7. The highest BCUT2D eigenvalue weighted by Crippen LogP contribution is 2.43. The smallest absolute Gasteiger partial charge is 0.365 e. The number of nitrogens with two attached hydrogens (primary N) is 1. The minimum absolute atomic E-state index is 0.0131. The molecule has 12 heteroatoms. The summed E-state index contributed by atoms with van der Waals surface area (Å²) in [6, 6.07) is 9.28. The predicted molar refractivity (Wildman–Crippen MR) is 126 cm³/mol. The first-order valence-corrected chi connectivity index (χ1v) is 11.5. The molecule has 0 aliphatic rings. The lowest BCUT2D eigenvalue weighted by molar-refractivity contribution is -0.140. The Hall–Kier alpha value is -3.25. The van der Waals surface area contributed by atoms with Crippen LogP contribution in [0.3, 0.4) is 0 Å². The van der Waals surface area contributed by atoms with Gasteiger partial charge in [-0.15, -0.1) is 11.3 Å². The van der Waals surface area contributed by atoms with Gasteiger partial charge in [0.2, 0.25) is 5.91 Å². The summed E-state index contributed by atoms with van der Waals surface area (Å²) >= 11 is 4.06. The number of thiophene rings is 1. The number of aromatic nitrogens is 3. The summed E-state index contributed by atoms with van der Waals surface area (Å²) in [4.78, 5) is 28.5. The number of halogens is 4. The molecule has 0 aliphatic carbocycles. The van der Waals surface area contributed by atoms with Crippen LogP contribution in [0.2, 0.25) is 0 Å². The average Bonchev–Trinajstić information content (AvgIpc) is 3.32. The van der Waals surface area contributed by atoms with Gasteiger partial charge in [-0.3, -0.25) is 14.3 Å². The van der Waals surface area contributed by atoms with Crippen molar-refractivity contribution >= 4 is 55.0 Å². The molecule has 0 fully saturated rings. The van der Waals surface area contributed by atoms with Gasteiger partial charge in [-0.1, -0.05) is 30.3 Å². The fourth-order valence-corrected chi connectivity index (χ4v) is 4.74. The van der Waals surface area contributed by atoms with Gasteiger partial charge >= 0.3 is 6.18 Å². The molecule has 0 atom stereocenters. The van der Waals surface area contributed by atoms with Gasteiger partial charge in [-0.25, -0.2) is 4.98 Å². The van der Waals surface area contributed by atoms with Crippen molar-refractivity contribution < 1.29 is 22.8 Å². The number of hydrogen-bond donors (Lipinski definition) is 2. The number of primary amides is 1. The van der Waals surface area contributed by atoms with Crippen molar-refractivity contribution in [3.8, 4) is 11.1 Å². The van der Waals surface area contributed by atoms with Crippen molar-refractivity contribution in [2.45, 2.75) is 26.1 Å². The van der Waals surface area contributed by atoms with Crippen LogP contribution in [-0.2, 0) is 17.5 Å². The minimum atomic E-state index is -4.70. The Morgan fingerprint density at radius 2 is 1.94 bits per heavy atom. The van der Waals surface area contributed by atoms with E-state index in [4.69, 9.17) is 5.73 Å². The standard InChI is InChI=1S/C22H17BrF3N5O2S/c1-11-14(23)10-28-31(11)8-7-16(32)30-18-17-13(12-5-3-2-4-6-12)9-15(22(24,25)26)29-21(17)34-19(18)20(27)33/h2-6,9-10H,7-8H2,1H3,(H2,27,33)(H,30,32). The molecule has 0 radical (unpaired) electrons. The Morgan fingerprint density at radius 1 is 1.24 bits per heavy atom. The molecule has 4 aromatic rings. The van der Waals surface area contributed by atoms with Gasteiger partial charge in [0.15, 0.2) is 0 Å². The maximum absolute atomic E-state index is 13.6. The molecule has 1 aromatic carbocycles. The zero-order valence-corrected chi connectivity index (χ0v) is 20.0. The first-order chi connectivity index (χ1) is 16.1. The molecule has 176 valence electrons. The predicted octanol–water partition coefficient (Wildman–Crippen LogP) is 5.38. The van der Waals surface area contributed by atoms with E-state index in [2.05, 4.69) is 31.3 Å². The van der Waals surface area contributed by atoms with Crippen LogP contribution >= 0.6 is 27.3 Å². The molecular weight excluding hydrogens is 535 g/mol. The van der Waals surface area contributed by atoms with Gasteiger partial charge in [-0.2, -0.15) is 18.3 Å². The Kier molecular flexibility index (Phi) is 6.45. The summed E-state index contributed by atoms with van der Waals surface area (Å²) < 4.78 is 43.1. The van der Waals surface area contributed by atoms with Gasteiger partial charge in [0.25, 0.3) is 5.91 Å². The van der Waals surface area contributed by atoms with E-state index in [1.807, 2.05) is 6.92 Å². The molecular formula is C22H17BrF3N5O2S. The number of nitrogens with one attached hydrogen (secondary N) is 1. The Bertz CT molecular complexity index is 1400. The Morgan fingerprint density at radius 3 is 2.53 bits per heavy atom. The first-order valence-electron chi connectivity index (χ1n) is 9.94. The lowest BCUT2D eigenvalue weighted by atomic mass is 10.0. The molecule has 3 N–H and O–H groups in total. The van der Waals surface area contributed by atoms with E-state index < -0.39 is 23.7 Å². The van der Waals surface area contributed by atoms with Crippen LogP contribution in [0.1, 0.15) is 27.5 Å². The number of aryl methyl sites for hydroxylation is 1. The second kappa shape index (κ2) is 9.18. The molecule has 0 aliphatic heterocycles. The highest BCUT2D eigenvalue weighted by Gasteiger charge is 2.35. The Labute approximate surface area is 203 Å². The molecule has 2 amide bonds. The molecule has 0 bridgehead atoms. The highest BCUT2D eigenvalue weighted by atomic mass is 79.9. The maximum Gasteiger partial charge on any atom is 0.433 e. The third-order valence-electron chi connectivity index (χ3n) is 5.12. The molecule has 3 heterocycles. The molecule has 0 saturated carbocycles. The third-order valence-corrected chi connectivity index (χ3v) is 7.00. The van der Waals surface area contributed by atoms with Crippen molar-refractivity contribution in [3.63, 3.8) is 0 Å². The van der Waals surface area contributed by atoms with Crippen molar-refractivity contribution in [2.24, 2.45) is 5.73 Å². The van der Waals surface area contributed by atoms with E-state index >= 15 is 0 Å². The largest absolute Gasteiger partial charge is 0.433 e. The zero-order chi connectivity index (χ0) is 24.6. The van der Waals surface area contributed by atoms with Crippen LogP contribution in [0.4, 0.5) is 18.9 Å². The highest BCUT2D eigenvalue weighted by molar-refractivity contribution is 9.10. The molecule has 7 nitrogen and oxygen atoms in total. The number of benzene rings is 1. The second-order valence-electron chi connectivity index (χ2n) is 7.37. The summed E-state index contributed by atoms with van der Waals surface area (Å²) in [5, 5.41) is 7.07. The van der Waals surface area contributed by atoms with Crippen molar-refractivity contribution in [1.82, 2.24) is 14.8 Å². The number of carbonyl (C=O) groups is 2. The summed E-state index contributed by atoms with van der Waals surface area (Å²) in [5.74, 6) is -1.33. The monoisotopic (exact) mass is 551 g/mol. The lowest BCUT2D eigenvalue weighted by Gasteiger charge is -2.12. The molecule has 4 rings (SSSR count). The molecule has 0 unspecified atom stereocenters. The van der Waals surface area contributed by atoms with Gasteiger partial charge in [0.05, 0.1) is 22.9 Å². The number of fused-ring (bicyclic) bond motifs is 1. The number of amides is 2. The topological polar surface area (TPSA) is 103 Å². The van der Waals surface area contributed by atoms with E-state index in [-0.39, 0.29) is 39.3 Å². The summed E-state index contributed by atoms with van der Waals surface area (Å²) in [5.41, 5.74) is 5.95. The van der Waals surface area contributed by atoms with E-state index in [0.29, 0.717) is 16.9 Å². The van der Waals surface area contributed by atoms with Crippen LogP contribution in [0.15, 0.2) is 47.1 Å². The summed E-state index contributed by atoms with van der Waals surface area (Å²) in [6.45, 7) is 2.10. The SMILES string of the molecule is Cc1c(Br)cnn1CCC(=O)Nc1c(C(N)=O)sc2nc(C(F)(F)F)cc(-c3ccccc3)c12. The quantitative estimate of drug-likeness (QED) is 0.336. The number of rotatable bonds is 6. The van der Waals surface area contributed by atoms with Gasteiger partial charge in [0, 0.05) is 17.5 Å². The molecule has 0 saturated heterocycles. The lowest BCUT2D eigenvalue weighted by Crippen LogP contribution is -2.18. The summed E-state index contributed by atoms with van der Waals surface area (Å²) in [7, 11) is 0. The Balaban J connectivity index is 1.80. The van der Waals surface area contributed by atoms with E-state index in [9.17, 15) is 22.8 Å².